The average Bonchev–Trinajstić information content (AvgIpc) is 2.29. The summed E-state index contributed by atoms with van der Waals surface area (Å²) in [6, 6.07) is 6.24. The molecular formula is C13H23N3. The molecule has 0 aliphatic heterocycles. The van der Waals surface area contributed by atoms with Crippen LogP contribution in [-0.4, -0.2) is 26.2 Å². The zero-order valence-corrected chi connectivity index (χ0v) is 10.6. The van der Waals surface area contributed by atoms with Gasteiger partial charge in [-0.25, -0.2) is 0 Å². The lowest BCUT2D eigenvalue weighted by Crippen LogP contribution is -2.31. The fourth-order valence-electron chi connectivity index (χ4n) is 1.72. The zero-order valence-electron chi connectivity index (χ0n) is 10.6. The maximum absolute atomic E-state index is 5.82. The fourth-order valence-corrected chi connectivity index (χ4v) is 1.72. The Morgan fingerprint density at radius 2 is 2.06 bits per heavy atom. The Morgan fingerprint density at radius 1 is 1.31 bits per heavy atom. The third kappa shape index (κ3) is 3.42. The van der Waals surface area contributed by atoms with Crippen LogP contribution in [0, 0.1) is 6.92 Å². The summed E-state index contributed by atoms with van der Waals surface area (Å²) in [5.74, 6) is 0. The van der Waals surface area contributed by atoms with E-state index in [-0.39, 0.29) is 0 Å². The van der Waals surface area contributed by atoms with Crippen molar-refractivity contribution in [3.05, 3.63) is 23.8 Å². The molecule has 3 N–H and O–H groups in total. The summed E-state index contributed by atoms with van der Waals surface area (Å²) >= 11 is 0. The number of rotatable bonds is 6. The quantitative estimate of drug-likeness (QED) is 0.570. The van der Waals surface area contributed by atoms with Gasteiger partial charge in [0.25, 0.3) is 0 Å². The second kappa shape index (κ2) is 6.38. The van der Waals surface area contributed by atoms with Crippen molar-refractivity contribution in [3.63, 3.8) is 0 Å². The summed E-state index contributed by atoms with van der Waals surface area (Å²) in [6.07, 6.45) is 0. The van der Waals surface area contributed by atoms with Gasteiger partial charge in [-0.1, -0.05) is 6.92 Å². The predicted molar refractivity (Wildman–Crippen MR) is 72.0 cm³/mol. The molecule has 3 nitrogen and oxygen atoms in total. The van der Waals surface area contributed by atoms with E-state index in [9.17, 15) is 0 Å². The van der Waals surface area contributed by atoms with E-state index in [1.54, 1.807) is 0 Å². The van der Waals surface area contributed by atoms with Crippen LogP contribution in [0.2, 0.25) is 0 Å². The molecule has 0 aliphatic carbocycles. The number of anilines is 2. The first-order valence-corrected chi connectivity index (χ1v) is 6.00. The molecule has 0 saturated carbocycles. The van der Waals surface area contributed by atoms with Crippen molar-refractivity contribution >= 4 is 11.4 Å². The van der Waals surface area contributed by atoms with Gasteiger partial charge in [-0.15, -0.1) is 0 Å². The molecule has 16 heavy (non-hydrogen) atoms. The minimum atomic E-state index is 0.867. The highest BCUT2D eigenvalue weighted by molar-refractivity contribution is 5.58. The fraction of sp³-hybridized carbons (Fsp3) is 0.538. The molecule has 90 valence electrons. The van der Waals surface area contributed by atoms with Crippen molar-refractivity contribution < 1.29 is 0 Å². The average molecular weight is 221 g/mol. The van der Waals surface area contributed by atoms with Gasteiger partial charge < -0.3 is 16.0 Å². The van der Waals surface area contributed by atoms with Crippen LogP contribution in [0.4, 0.5) is 11.4 Å². The van der Waals surface area contributed by atoms with E-state index in [0.717, 1.165) is 37.4 Å². The molecule has 1 rings (SSSR count). The molecule has 1 aromatic carbocycles. The van der Waals surface area contributed by atoms with Crippen molar-refractivity contribution in [2.45, 2.75) is 20.8 Å². The smallest absolute Gasteiger partial charge is 0.0370 e. The molecule has 0 amide bonds. The number of benzene rings is 1. The van der Waals surface area contributed by atoms with E-state index in [1.807, 2.05) is 6.07 Å². The molecule has 0 spiro atoms. The Balaban J connectivity index is 2.67. The van der Waals surface area contributed by atoms with Crippen LogP contribution >= 0.6 is 0 Å². The number of nitrogens with one attached hydrogen (secondary N) is 1. The molecule has 0 bridgehead atoms. The zero-order chi connectivity index (χ0) is 12.0. The Labute approximate surface area is 98.6 Å². The summed E-state index contributed by atoms with van der Waals surface area (Å²) in [5.41, 5.74) is 9.10. The van der Waals surface area contributed by atoms with Gasteiger partial charge in [-0.3, -0.25) is 0 Å². The van der Waals surface area contributed by atoms with Crippen molar-refractivity contribution in [1.29, 1.82) is 0 Å². The highest BCUT2D eigenvalue weighted by atomic mass is 15.1. The Morgan fingerprint density at radius 3 is 2.62 bits per heavy atom. The van der Waals surface area contributed by atoms with E-state index < -0.39 is 0 Å². The summed E-state index contributed by atoms with van der Waals surface area (Å²) in [6.45, 7) is 10.5. The molecule has 3 heteroatoms. The van der Waals surface area contributed by atoms with Gasteiger partial charge in [0.1, 0.15) is 0 Å². The van der Waals surface area contributed by atoms with E-state index in [4.69, 9.17) is 5.73 Å². The van der Waals surface area contributed by atoms with Crippen molar-refractivity contribution in [2.75, 3.05) is 36.8 Å². The number of nitrogens with zero attached hydrogens (tertiary/aromatic N) is 1. The van der Waals surface area contributed by atoms with Crippen LogP contribution in [0.25, 0.3) is 0 Å². The molecule has 0 aliphatic rings. The highest BCUT2D eigenvalue weighted by Gasteiger charge is 2.04. The van der Waals surface area contributed by atoms with Gasteiger partial charge in [0, 0.05) is 31.0 Å². The first-order chi connectivity index (χ1) is 7.69. The third-order valence-corrected chi connectivity index (χ3v) is 2.81. The highest BCUT2D eigenvalue weighted by Crippen LogP contribution is 2.20. The third-order valence-electron chi connectivity index (χ3n) is 2.81. The second-order valence-corrected chi connectivity index (χ2v) is 3.97. The minimum Gasteiger partial charge on any atom is -0.399 e. The monoisotopic (exact) mass is 221 g/mol. The van der Waals surface area contributed by atoms with Crippen LogP contribution in [0.15, 0.2) is 18.2 Å². The number of likely N-dealkylation sites (N-methyl/N-ethyl adjacent to an activating group) is 2. The van der Waals surface area contributed by atoms with Crippen molar-refractivity contribution in [2.24, 2.45) is 0 Å². The predicted octanol–water partition coefficient (Wildman–Crippen LogP) is 2.01. The van der Waals surface area contributed by atoms with E-state index >= 15 is 0 Å². The number of nitrogen functional groups attached to an aromatic ring is 1. The van der Waals surface area contributed by atoms with E-state index in [1.165, 1.54) is 5.69 Å². The molecule has 0 saturated heterocycles. The number of nitrogens with two attached hydrogens (primary N) is 1. The van der Waals surface area contributed by atoms with Gasteiger partial charge >= 0.3 is 0 Å². The molecule has 0 fully saturated rings. The molecule has 0 unspecified atom stereocenters. The first kappa shape index (κ1) is 12.8. The van der Waals surface area contributed by atoms with E-state index in [2.05, 4.69) is 43.1 Å². The van der Waals surface area contributed by atoms with Crippen LogP contribution in [0.1, 0.15) is 19.4 Å². The summed E-state index contributed by atoms with van der Waals surface area (Å²) in [7, 11) is 0. The van der Waals surface area contributed by atoms with Gasteiger partial charge in [-0.05, 0) is 44.2 Å². The largest absolute Gasteiger partial charge is 0.399 e. The van der Waals surface area contributed by atoms with Crippen LogP contribution in [0.3, 0.4) is 0 Å². The van der Waals surface area contributed by atoms with Crippen LogP contribution in [0.5, 0.6) is 0 Å². The van der Waals surface area contributed by atoms with Gasteiger partial charge in [0.2, 0.25) is 0 Å². The van der Waals surface area contributed by atoms with Crippen LogP contribution < -0.4 is 16.0 Å². The Bertz CT molecular complexity index is 323. The maximum Gasteiger partial charge on any atom is 0.0370 e. The number of hydrogen-bond acceptors (Lipinski definition) is 3. The minimum absolute atomic E-state index is 0.867. The van der Waals surface area contributed by atoms with Crippen LogP contribution in [-0.2, 0) is 0 Å². The number of hydrogen-bond donors (Lipinski definition) is 2. The molecule has 1 aromatic rings. The molecule has 0 aromatic heterocycles. The van der Waals surface area contributed by atoms with Gasteiger partial charge in [0.05, 0.1) is 0 Å². The lowest BCUT2D eigenvalue weighted by Gasteiger charge is -2.24. The Hall–Kier alpha value is -1.22. The second-order valence-electron chi connectivity index (χ2n) is 3.97. The summed E-state index contributed by atoms with van der Waals surface area (Å²) in [4.78, 5) is 2.36. The first-order valence-electron chi connectivity index (χ1n) is 6.00. The summed E-state index contributed by atoms with van der Waals surface area (Å²) < 4.78 is 0. The molecular weight excluding hydrogens is 198 g/mol. The molecule has 0 radical (unpaired) electrons. The van der Waals surface area contributed by atoms with Crippen molar-refractivity contribution in [1.82, 2.24) is 5.32 Å². The van der Waals surface area contributed by atoms with Gasteiger partial charge in [-0.2, -0.15) is 0 Å². The topological polar surface area (TPSA) is 41.3 Å². The SMILES string of the molecule is CCNCCN(CC)c1ccc(N)c(C)c1. The molecule has 0 atom stereocenters. The normalized spacial score (nSPS) is 10.4. The van der Waals surface area contributed by atoms with Crippen molar-refractivity contribution in [3.8, 4) is 0 Å². The lowest BCUT2D eigenvalue weighted by molar-refractivity contribution is 0.688. The molecule has 0 heterocycles. The van der Waals surface area contributed by atoms with E-state index in [0.29, 0.717) is 0 Å². The Kier molecular flexibility index (Phi) is 5.12. The maximum atomic E-state index is 5.82. The summed E-state index contributed by atoms with van der Waals surface area (Å²) in [5, 5.41) is 3.34. The van der Waals surface area contributed by atoms with Gasteiger partial charge in [0.15, 0.2) is 0 Å². The number of aryl methyl sites for hydroxylation is 1. The lowest BCUT2D eigenvalue weighted by atomic mass is 10.1. The standard InChI is InChI=1S/C13H23N3/c1-4-15-8-9-16(5-2)12-6-7-13(14)11(3)10-12/h6-7,10,15H,4-5,8-9,14H2,1-3H3.